The Labute approximate surface area is 305 Å². The summed E-state index contributed by atoms with van der Waals surface area (Å²) < 4.78 is 0. The molecule has 1 aliphatic heterocycles. The van der Waals surface area contributed by atoms with E-state index in [1.807, 2.05) is 20.8 Å². The number of hydrogen-bond donors (Lipinski definition) is 6. The van der Waals surface area contributed by atoms with Crippen molar-refractivity contribution in [1.82, 2.24) is 25.8 Å². The molecule has 288 valence electrons. The van der Waals surface area contributed by atoms with Crippen molar-refractivity contribution in [3.63, 3.8) is 0 Å². The van der Waals surface area contributed by atoms with E-state index >= 15 is 0 Å². The van der Waals surface area contributed by atoms with Crippen LogP contribution in [0.4, 0.5) is 10.5 Å². The number of carbonyl (C=O) groups excluding carboxylic acids is 7. The van der Waals surface area contributed by atoms with Gasteiger partial charge in [0.05, 0.1) is 5.92 Å². The lowest BCUT2D eigenvalue weighted by molar-refractivity contribution is -0.142. The van der Waals surface area contributed by atoms with Crippen molar-refractivity contribution >= 4 is 53.1 Å². The SMILES string of the molecule is CC(C)[C@H](NC(=O)CCCCCN1C(=O)CC(C(C)(C)C)C1=O)C(=O)N[C@@H](CCCNC(N)=O)C(=O)Nc1ccc(C(=O)N(C)[C@@H](C)C(=O)O)cc1. The summed E-state index contributed by atoms with van der Waals surface area (Å²) in [5.41, 5.74) is 5.36. The van der Waals surface area contributed by atoms with Crippen LogP contribution in [0.5, 0.6) is 0 Å². The van der Waals surface area contributed by atoms with Crippen molar-refractivity contribution in [1.29, 1.82) is 0 Å². The number of nitrogens with two attached hydrogens (primary N) is 1. The number of carboxylic acids is 1. The zero-order valence-electron chi connectivity index (χ0n) is 31.2. The van der Waals surface area contributed by atoms with Crippen LogP contribution in [-0.2, 0) is 28.8 Å². The Morgan fingerprint density at radius 2 is 1.58 bits per heavy atom. The van der Waals surface area contributed by atoms with Crippen LogP contribution < -0.4 is 27.0 Å². The van der Waals surface area contributed by atoms with Crippen LogP contribution in [0.25, 0.3) is 0 Å². The number of nitrogens with zero attached hydrogens (tertiary/aromatic N) is 2. The second kappa shape index (κ2) is 19.6. The van der Waals surface area contributed by atoms with Gasteiger partial charge in [-0.2, -0.15) is 0 Å². The average molecular weight is 730 g/mol. The van der Waals surface area contributed by atoms with E-state index in [0.717, 1.165) is 4.90 Å². The van der Waals surface area contributed by atoms with Gasteiger partial charge in [0, 0.05) is 44.2 Å². The second-order valence-corrected chi connectivity index (χ2v) is 14.6. The Hall–Kier alpha value is -5.02. The summed E-state index contributed by atoms with van der Waals surface area (Å²) in [4.78, 5) is 102. The number of primary amides is 1. The molecule has 52 heavy (non-hydrogen) atoms. The molecule has 8 amide bonds. The Balaban J connectivity index is 1.99. The van der Waals surface area contributed by atoms with E-state index in [1.165, 1.54) is 43.1 Å². The maximum Gasteiger partial charge on any atom is 0.326 e. The first-order valence-electron chi connectivity index (χ1n) is 17.6. The van der Waals surface area contributed by atoms with Gasteiger partial charge in [-0.3, -0.25) is 33.7 Å². The molecule has 1 saturated heterocycles. The molecule has 0 saturated carbocycles. The van der Waals surface area contributed by atoms with Gasteiger partial charge in [-0.15, -0.1) is 0 Å². The van der Waals surface area contributed by atoms with E-state index < -0.39 is 47.8 Å². The predicted molar refractivity (Wildman–Crippen MR) is 193 cm³/mol. The van der Waals surface area contributed by atoms with Gasteiger partial charge in [-0.1, -0.05) is 41.0 Å². The van der Waals surface area contributed by atoms with Gasteiger partial charge in [0.2, 0.25) is 29.5 Å². The van der Waals surface area contributed by atoms with Crippen LogP contribution in [0, 0.1) is 17.3 Å². The number of rotatable bonds is 19. The lowest BCUT2D eigenvalue weighted by Crippen LogP contribution is -2.54. The quantitative estimate of drug-likeness (QED) is 0.0903. The zero-order valence-corrected chi connectivity index (χ0v) is 31.2. The van der Waals surface area contributed by atoms with Crippen molar-refractivity contribution < 1.29 is 43.5 Å². The van der Waals surface area contributed by atoms with E-state index in [-0.39, 0.29) is 72.8 Å². The van der Waals surface area contributed by atoms with Crippen molar-refractivity contribution in [2.24, 2.45) is 23.0 Å². The number of anilines is 1. The minimum atomic E-state index is -1.16. The van der Waals surface area contributed by atoms with Gasteiger partial charge in [-0.05, 0) is 68.2 Å². The molecule has 16 nitrogen and oxygen atoms in total. The number of likely N-dealkylation sites (tertiary alicyclic amines) is 1. The van der Waals surface area contributed by atoms with E-state index in [9.17, 15) is 43.5 Å². The highest BCUT2D eigenvalue weighted by Gasteiger charge is 2.44. The predicted octanol–water partition coefficient (Wildman–Crippen LogP) is 2.23. The van der Waals surface area contributed by atoms with Crippen LogP contribution in [-0.4, -0.2) is 101 Å². The van der Waals surface area contributed by atoms with Crippen LogP contribution >= 0.6 is 0 Å². The molecule has 1 aromatic carbocycles. The normalized spacial score (nSPS) is 16.2. The number of imide groups is 1. The molecule has 4 atom stereocenters. The number of nitrogens with one attached hydrogen (secondary N) is 4. The van der Waals surface area contributed by atoms with E-state index in [1.54, 1.807) is 13.8 Å². The number of aliphatic carboxylic acids is 1. The number of carboxylic acid groups (broad SMARTS) is 1. The molecule has 0 aromatic heterocycles. The number of benzene rings is 1. The van der Waals surface area contributed by atoms with Crippen LogP contribution in [0.2, 0.25) is 0 Å². The third-order valence-electron chi connectivity index (χ3n) is 9.10. The Bertz CT molecular complexity index is 1470. The molecule has 1 aliphatic rings. The first kappa shape index (κ1) is 43.1. The first-order chi connectivity index (χ1) is 24.2. The van der Waals surface area contributed by atoms with Crippen molar-refractivity contribution in [2.75, 3.05) is 25.5 Å². The fourth-order valence-corrected chi connectivity index (χ4v) is 5.63. The monoisotopic (exact) mass is 729 g/mol. The molecule has 2 rings (SSSR count). The Kier molecular flexibility index (Phi) is 16.2. The van der Waals surface area contributed by atoms with Crippen LogP contribution in [0.3, 0.4) is 0 Å². The standard InChI is InChI=1S/C36H55N7O9/c1-21(2)29(41-27(44)13-9-8-10-19-43-28(45)20-25(33(43)49)36(4,5)6)31(47)40-26(12-11-18-38-35(37)52)30(46)39-24-16-14-23(15-17-24)32(48)42(7)22(3)34(50)51/h14-17,21-22,25-26,29H,8-13,18-20H2,1-7H3,(H,39,46)(H,40,47)(H,41,44)(H,50,51)(H3,37,38,52)/t22-,25?,26-,29-/m0/s1. The number of carbonyl (C=O) groups is 8. The highest BCUT2D eigenvalue weighted by atomic mass is 16.4. The topological polar surface area (TPSA) is 237 Å². The lowest BCUT2D eigenvalue weighted by atomic mass is 9.80. The molecular weight excluding hydrogens is 674 g/mol. The molecule has 0 bridgehead atoms. The summed E-state index contributed by atoms with van der Waals surface area (Å²) in [5.74, 6) is -4.20. The summed E-state index contributed by atoms with van der Waals surface area (Å²) in [6, 6.07) is 1.99. The second-order valence-electron chi connectivity index (χ2n) is 14.6. The fraction of sp³-hybridized carbons (Fsp3) is 0.611. The summed E-state index contributed by atoms with van der Waals surface area (Å²) in [6.07, 6.45) is 2.36. The summed E-state index contributed by atoms with van der Waals surface area (Å²) in [5, 5.41) is 19.8. The zero-order chi connectivity index (χ0) is 39.3. The van der Waals surface area contributed by atoms with Crippen molar-refractivity contribution in [2.45, 2.75) is 105 Å². The highest BCUT2D eigenvalue weighted by Crippen LogP contribution is 2.35. The molecule has 0 spiro atoms. The molecule has 7 N–H and O–H groups in total. The molecule has 0 radical (unpaired) electrons. The van der Waals surface area contributed by atoms with Gasteiger partial charge < -0.3 is 37.0 Å². The summed E-state index contributed by atoms with van der Waals surface area (Å²) in [6.45, 7) is 11.2. The maximum atomic E-state index is 13.4. The first-order valence-corrected chi connectivity index (χ1v) is 17.6. The molecular formula is C36H55N7O9. The van der Waals surface area contributed by atoms with Gasteiger partial charge in [-0.25, -0.2) is 9.59 Å². The van der Waals surface area contributed by atoms with E-state index in [0.29, 0.717) is 31.5 Å². The van der Waals surface area contributed by atoms with Gasteiger partial charge in [0.25, 0.3) is 5.91 Å². The lowest BCUT2D eigenvalue weighted by Gasteiger charge is -2.25. The van der Waals surface area contributed by atoms with Crippen LogP contribution in [0.1, 0.15) is 96.8 Å². The molecule has 1 heterocycles. The van der Waals surface area contributed by atoms with Crippen molar-refractivity contribution in [3.8, 4) is 0 Å². The number of hydrogen-bond acceptors (Lipinski definition) is 8. The molecule has 16 heteroatoms. The molecule has 1 aromatic rings. The van der Waals surface area contributed by atoms with Gasteiger partial charge in [0.1, 0.15) is 18.1 Å². The third-order valence-corrected chi connectivity index (χ3v) is 9.10. The minimum Gasteiger partial charge on any atom is -0.480 e. The number of urea groups is 1. The highest BCUT2D eigenvalue weighted by molar-refractivity contribution is 6.04. The largest absolute Gasteiger partial charge is 0.480 e. The molecule has 1 fully saturated rings. The number of amides is 8. The van der Waals surface area contributed by atoms with Crippen LogP contribution in [0.15, 0.2) is 24.3 Å². The van der Waals surface area contributed by atoms with Gasteiger partial charge >= 0.3 is 12.0 Å². The minimum absolute atomic E-state index is 0.115. The Morgan fingerprint density at radius 3 is 2.12 bits per heavy atom. The molecule has 0 aliphatic carbocycles. The van der Waals surface area contributed by atoms with Gasteiger partial charge in [0.15, 0.2) is 0 Å². The van der Waals surface area contributed by atoms with E-state index in [2.05, 4.69) is 21.3 Å². The number of unbranched alkanes of at least 4 members (excludes halogenated alkanes) is 2. The summed E-state index contributed by atoms with van der Waals surface area (Å²) >= 11 is 0. The van der Waals surface area contributed by atoms with Crippen molar-refractivity contribution in [3.05, 3.63) is 29.8 Å². The third kappa shape index (κ3) is 12.9. The molecule has 1 unspecified atom stereocenters. The van der Waals surface area contributed by atoms with E-state index in [4.69, 9.17) is 5.73 Å². The smallest absolute Gasteiger partial charge is 0.326 e. The maximum absolute atomic E-state index is 13.4. The average Bonchev–Trinajstić information content (AvgIpc) is 3.36. The fourth-order valence-electron chi connectivity index (χ4n) is 5.63. The number of likely N-dealkylation sites (N-methyl/N-ethyl adjacent to an activating group) is 1. The Morgan fingerprint density at radius 1 is 0.942 bits per heavy atom. The summed E-state index contributed by atoms with van der Waals surface area (Å²) in [7, 11) is 1.37.